The number of ether oxygens (including phenoxy) is 3. The average molecular weight is 339 g/mol. The van der Waals surface area contributed by atoms with E-state index in [-0.39, 0.29) is 31.6 Å². The molecule has 0 saturated heterocycles. The number of aliphatic hydroxyl groups excluding tert-OH is 1. The number of hydrogen-bond donors (Lipinski definition) is 2. The summed E-state index contributed by atoms with van der Waals surface area (Å²) < 4.78 is 14.5. The lowest BCUT2D eigenvalue weighted by atomic mass is 10.1. The fourth-order valence-electron chi connectivity index (χ4n) is 1.97. The lowest BCUT2D eigenvalue weighted by Crippen LogP contribution is -2.31. The van der Waals surface area contributed by atoms with E-state index in [9.17, 15) is 14.7 Å². The van der Waals surface area contributed by atoms with Crippen LogP contribution in [0.5, 0.6) is 0 Å². The third-order valence-corrected chi connectivity index (χ3v) is 3.24. The monoisotopic (exact) mass is 339 g/mol. The number of nitrogens with one attached hydrogen (secondary N) is 1. The van der Waals surface area contributed by atoms with Crippen molar-refractivity contribution in [1.82, 2.24) is 5.32 Å². The molecule has 2 atom stereocenters. The molecule has 0 saturated carbocycles. The highest BCUT2D eigenvalue weighted by atomic mass is 16.7. The summed E-state index contributed by atoms with van der Waals surface area (Å²) in [7, 11) is 1.54. The Hall–Kier alpha value is -1.96. The molecule has 7 heteroatoms. The van der Waals surface area contributed by atoms with Gasteiger partial charge in [0.05, 0.1) is 38.2 Å². The van der Waals surface area contributed by atoms with Gasteiger partial charge in [-0.15, -0.1) is 0 Å². The summed E-state index contributed by atoms with van der Waals surface area (Å²) in [6.45, 7) is 2.36. The summed E-state index contributed by atoms with van der Waals surface area (Å²) in [4.78, 5) is 23.4. The van der Waals surface area contributed by atoms with Crippen molar-refractivity contribution in [3.63, 3.8) is 0 Å². The molecule has 1 aromatic carbocycles. The second kappa shape index (κ2) is 11.6. The summed E-state index contributed by atoms with van der Waals surface area (Å²) in [5.74, 6) is -0.952. The second-order valence-corrected chi connectivity index (χ2v) is 5.30. The van der Waals surface area contributed by atoms with Gasteiger partial charge in [0, 0.05) is 7.11 Å². The first-order valence-electron chi connectivity index (χ1n) is 7.77. The normalized spacial score (nSPS) is 13.1. The molecule has 2 N–H and O–H groups in total. The van der Waals surface area contributed by atoms with E-state index in [1.165, 1.54) is 7.11 Å². The first-order chi connectivity index (χ1) is 11.5. The smallest absolute Gasteiger partial charge is 0.310 e. The van der Waals surface area contributed by atoms with Gasteiger partial charge in [0.15, 0.2) is 6.79 Å². The molecule has 0 spiro atoms. The van der Waals surface area contributed by atoms with Crippen LogP contribution in [-0.2, 0) is 23.8 Å². The largest absolute Gasteiger partial charge is 0.438 e. The molecule has 0 aliphatic carbocycles. The Kier molecular flexibility index (Phi) is 9.67. The molecule has 0 aliphatic rings. The van der Waals surface area contributed by atoms with Gasteiger partial charge >= 0.3 is 5.97 Å². The van der Waals surface area contributed by atoms with E-state index >= 15 is 0 Å². The standard InChI is InChI=1S/C17H25NO6/c1-13(14-6-4-3-5-7-14)18-16(20)10-15(19)11-17(21)24-12-23-9-8-22-2/h3-7,13,15,19H,8-12H2,1-2H3,(H,18,20)/t13?,15-/m1/s1. The number of carbonyl (C=O) groups excluding carboxylic acids is 2. The Balaban J connectivity index is 2.22. The Labute approximate surface area is 141 Å². The highest BCUT2D eigenvalue weighted by molar-refractivity contribution is 5.78. The Bertz CT molecular complexity index is 493. The predicted molar refractivity (Wildman–Crippen MR) is 87.0 cm³/mol. The zero-order chi connectivity index (χ0) is 17.8. The van der Waals surface area contributed by atoms with Crippen molar-refractivity contribution in [2.75, 3.05) is 27.1 Å². The van der Waals surface area contributed by atoms with Gasteiger partial charge in [-0.2, -0.15) is 0 Å². The van der Waals surface area contributed by atoms with Gasteiger partial charge in [-0.25, -0.2) is 0 Å². The number of benzene rings is 1. The van der Waals surface area contributed by atoms with Crippen LogP contribution in [0.2, 0.25) is 0 Å². The average Bonchev–Trinajstić information content (AvgIpc) is 2.55. The van der Waals surface area contributed by atoms with Gasteiger partial charge in [-0.3, -0.25) is 9.59 Å². The topological polar surface area (TPSA) is 94.1 Å². The first kappa shape index (κ1) is 20.1. The number of methoxy groups -OCH3 is 1. The van der Waals surface area contributed by atoms with E-state index in [0.29, 0.717) is 13.2 Å². The predicted octanol–water partition coefficient (Wildman–Crippen LogP) is 1.17. The number of amides is 1. The maximum absolute atomic E-state index is 11.9. The van der Waals surface area contributed by atoms with Crippen molar-refractivity contribution in [3.05, 3.63) is 35.9 Å². The van der Waals surface area contributed by atoms with Crippen LogP contribution in [0.3, 0.4) is 0 Å². The second-order valence-electron chi connectivity index (χ2n) is 5.30. The summed E-state index contributed by atoms with van der Waals surface area (Å²) in [5, 5.41) is 12.6. The van der Waals surface area contributed by atoms with Crippen molar-refractivity contribution in [1.29, 1.82) is 0 Å². The minimum absolute atomic E-state index is 0.170. The summed E-state index contributed by atoms with van der Waals surface area (Å²) in [5.41, 5.74) is 0.966. The van der Waals surface area contributed by atoms with E-state index in [2.05, 4.69) is 5.32 Å². The SMILES string of the molecule is COCCOCOC(=O)C[C@H](O)CC(=O)NC(C)c1ccccc1. The number of aliphatic hydroxyl groups is 1. The molecule has 0 bridgehead atoms. The lowest BCUT2D eigenvalue weighted by Gasteiger charge is -2.16. The molecular formula is C17H25NO6. The van der Waals surface area contributed by atoms with Crippen LogP contribution in [-0.4, -0.2) is 50.2 Å². The quantitative estimate of drug-likeness (QED) is 0.357. The third-order valence-electron chi connectivity index (χ3n) is 3.24. The van der Waals surface area contributed by atoms with Gasteiger partial charge in [0.25, 0.3) is 0 Å². The molecule has 1 unspecified atom stereocenters. The maximum Gasteiger partial charge on any atom is 0.310 e. The molecule has 0 aliphatic heterocycles. The zero-order valence-corrected chi connectivity index (χ0v) is 14.1. The fraction of sp³-hybridized carbons (Fsp3) is 0.529. The van der Waals surface area contributed by atoms with Crippen LogP contribution in [0.15, 0.2) is 30.3 Å². The molecule has 0 radical (unpaired) electrons. The van der Waals surface area contributed by atoms with Gasteiger partial charge in [-0.1, -0.05) is 30.3 Å². The zero-order valence-electron chi connectivity index (χ0n) is 14.1. The minimum Gasteiger partial charge on any atom is -0.438 e. The van der Waals surface area contributed by atoms with Gasteiger partial charge in [0.1, 0.15) is 0 Å². The molecule has 7 nitrogen and oxygen atoms in total. The molecule has 24 heavy (non-hydrogen) atoms. The Morgan fingerprint density at radius 3 is 2.54 bits per heavy atom. The van der Waals surface area contributed by atoms with E-state index in [0.717, 1.165) is 5.56 Å². The van der Waals surface area contributed by atoms with Crippen LogP contribution in [0.1, 0.15) is 31.4 Å². The van der Waals surface area contributed by atoms with Crippen molar-refractivity contribution in [2.24, 2.45) is 0 Å². The summed E-state index contributed by atoms with van der Waals surface area (Å²) >= 11 is 0. The van der Waals surface area contributed by atoms with Crippen LogP contribution in [0.4, 0.5) is 0 Å². The molecule has 134 valence electrons. The first-order valence-corrected chi connectivity index (χ1v) is 7.77. The van der Waals surface area contributed by atoms with Crippen molar-refractivity contribution in [3.8, 4) is 0 Å². The molecule has 1 amide bonds. The summed E-state index contributed by atoms with van der Waals surface area (Å²) in [6, 6.07) is 9.30. The highest BCUT2D eigenvalue weighted by Gasteiger charge is 2.17. The van der Waals surface area contributed by atoms with Crippen LogP contribution in [0, 0.1) is 0 Å². The summed E-state index contributed by atoms with van der Waals surface area (Å²) in [6.07, 6.45) is -1.53. The molecule has 1 rings (SSSR count). The highest BCUT2D eigenvalue weighted by Crippen LogP contribution is 2.11. The van der Waals surface area contributed by atoms with Crippen molar-refractivity contribution < 1.29 is 28.9 Å². The molecule has 0 aromatic heterocycles. The van der Waals surface area contributed by atoms with Crippen LogP contribution in [0.25, 0.3) is 0 Å². The van der Waals surface area contributed by atoms with E-state index in [4.69, 9.17) is 14.2 Å². The van der Waals surface area contributed by atoms with E-state index in [1.54, 1.807) is 0 Å². The Morgan fingerprint density at radius 1 is 1.17 bits per heavy atom. The van der Waals surface area contributed by atoms with Gasteiger partial charge < -0.3 is 24.6 Å². The number of hydrogen-bond acceptors (Lipinski definition) is 6. The van der Waals surface area contributed by atoms with E-state index < -0.39 is 12.1 Å². The van der Waals surface area contributed by atoms with Crippen LogP contribution < -0.4 is 5.32 Å². The minimum atomic E-state index is -1.10. The molecule has 0 heterocycles. The fourth-order valence-corrected chi connectivity index (χ4v) is 1.97. The van der Waals surface area contributed by atoms with Gasteiger partial charge in [0.2, 0.25) is 5.91 Å². The lowest BCUT2D eigenvalue weighted by molar-refractivity contribution is -0.159. The van der Waals surface area contributed by atoms with Crippen molar-refractivity contribution in [2.45, 2.75) is 31.9 Å². The molecule has 0 fully saturated rings. The maximum atomic E-state index is 11.9. The molecular weight excluding hydrogens is 314 g/mol. The number of rotatable bonds is 11. The third kappa shape index (κ3) is 8.61. The Morgan fingerprint density at radius 2 is 1.88 bits per heavy atom. The molecule has 1 aromatic rings. The number of carbonyl (C=O) groups is 2. The van der Waals surface area contributed by atoms with Crippen LogP contribution >= 0.6 is 0 Å². The van der Waals surface area contributed by atoms with Crippen molar-refractivity contribution >= 4 is 11.9 Å². The number of esters is 1. The van der Waals surface area contributed by atoms with E-state index in [1.807, 2.05) is 37.3 Å². The van der Waals surface area contributed by atoms with Gasteiger partial charge in [-0.05, 0) is 12.5 Å².